The monoisotopic (exact) mass is 437 g/mol. The van der Waals surface area contributed by atoms with Gasteiger partial charge in [-0.05, 0) is 75.3 Å². The first kappa shape index (κ1) is 21.5. The van der Waals surface area contributed by atoms with Gasteiger partial charge >= 0.3 is 0 Å². The highest BCUT2D eigenvalue weighted by atomic mass is 19.1. The van der Waals surface area contributed by atoms with Crippen LogP contribution in [0.3, 0.4) is 0 Å². The number of piperidine rings is 1. The van der Waals surface area contributed by atoms with Crippen molar-refractivity contribution >= 4 is 5.91 Å². The van der Waals surface area contributed by atoms with Crippen LogP contribution >= 0.6 is 0 Å². The molecule has 1 aromatic carbocycles. The van der Waals surface area contributed by atoms with Gasteiger partial charge in [0, 0.05) is 50.2 Å². The van der Waals surface area contributed by atoms with Gasteiger partial charge in [-0.25, -0.2) is 4.39 Å². The summed E-state index contributed by atoms with van der Waals surface area (Å²) in [7, 11) is 0. The fourth-order valence-electron chi connectivity index (χ4n) is 5.29. The van der Waals surface area contributed by atoms with Crippen molar-refractivity contribution in [2.75, 3.05) is 19.7 Å². The maximum Gasteiger partial charge on any atom is 0.255 e. The topological polar surface area (TPSA) is 45.7 Å². The van der Waals surface area contributed by atoms with E-state index in [4.69, 9.17) is 4.74 Å². The van der Waals surface area contributed by atoms with Crippen molar-refractivity contribution < 1.29 is 13.9 Å². The molecule has 1 atom stereocenters. The lowest BCUT2D eigenvalue weighted by atomic mass is 9.81. The van der Waals surface area contributed by atoms with E-state index in [1.807, 2.05) is 36.1 Å². The van der Waals surface area contributed by atoms with E-state index < -0.39 is 0 Å². The summed E-state index contributed by atoms with van der Waals surface area (Å²) < 4.78 is 19.7. The van der Waals surface area contributed by atoms with Crippen molar-refractivity contribution in [2.45, 2.75) is 69.7 Å². The Morgan fingerprint density at radius 1 is 1.12 bits per heavy atom. The number of benzene rings is 1. The van der Waals surface area contributed by atoms with Crippen LogP contribution in [0, 0.1) is 12.7 Å². The van der Waals surface area contributed by atoms with Gasteiger partial charge in [0.2, 0.25) is 0 Å². The molecule has 32 heavy (non-hydrogen) atoms. The van der Waals surface area contributed by atoms with Gasteiger partial charge in [0.15, 0.2) is 0 Å². The predicted octanol–water partition coefficient (Wildman–Crippen LogP) is 4.35. The van der Waals surface area contributed by atoms with Crippen LogP contribution in [0.1, 0.15) is 60.1 Å². The fourth-order valence-corrected chi connectivity index (χ4v) is 5.29. The first-order valence-corrected chi connectivity index (χ1v) is 11.9. The molecule has 1 aliphatic carbocycles. The maximum absolute atomic E-state index is 13.3. The third kappa shape index (κ3) is 4.71. The number of aromatic nitrogens is 1. The molecule has 0 radical (unpaired) electrons. The first-order chi connectivity index (χ1) is 15.5. The second-order valence-electron chi connectivity index (χ2n) is 9.69. The van der Waals surface area contributed by atoms with Gasteiger partial charge in [0.1, 0.15) is 5.82 Å². The Balaban J connectivity index is 1.23. The van der Waals surface area contributed by atoms with E-state index >= 15 is 0 Å². The molecule has 1 amide bonds. The van der Waals surface area contributed by atoms with Crippen LogP contribution in [0.5, 0.6) is 0 Å². The summed E-state index contributed by atoms with van der Waals surface area (Å²) in [5.41, 5.74) is 2.61. The maximum atomic E-state index is 13.3. The van der Waals surface area contributed by atoms with Crippen LogP contribution in [0.2, 0.25) is 0 Å². The van der Waals surface area contributed by atoms with E-state index in [1.54, 1.807) is 18.3 Å². The van der Waals surface area contributed by atoms with E-state index in [1.165, 1.54) is 18.4 Å². The highest BCUT2D eigenvalue weighted by Crippen LogP contribution is 2.40. The zero-order valence-electron chi connectivity index (χ0n) is 18.8. The van der Waals surface area contributed by atoms with Crippen molar-refractivity contribution in [3.8, 4) is 0 Å². The first-order valence-electron chi connectivity index (χ1n) is 11.9. The molecule has 5 nitrogen and oxygen atoms in total. The van der Waals surface area contributed by atoms with Gasteiger partial charge < -0.3 is 9.64 Å². The number of carbonyl (C=O) groups excluding carboxylic acids is 1. The molecule has 1 aromatic heterocycles. The van der Waals surface area contributed by atoms with E-state index in [0.29, 0.717) is 17.6 Å². The number of aryl methyl sites for hydroxylation is 1. The van der Waals surface area contributed by atoms with Gasteiger partial charge in [-0.15, -0.1) is 0 Å². The van der Waals surface area contributed by atoms with E-state index in [-0.39, 0.29) is 17.3 Å². The van der Waals surface area contributed by atoms with Crippen molar-refractivity contribution in [1.29, 1.82) is 0 Å². The number of ether oxygens (including phenoxy) is 1. The predicted molar refractivity (Wildman–Crippen MR) is 121 cm³/mol. The smallest absolute Gasteiger partial charge is 0.255 e. The number of hydrogen-bond acceptors (Lipinski definition) is 4. The van der Waals surface area contributed by atoms with E-state index in [9.17, 15) is 9.18 Å². The minimum absolute atomic E-state index is 0.0654. The number of halogens is 1. The van der Waals surface area contributed by atoms with Crippen LogP contribution in [0.4, 0.5) is 4.39 Å². The van der Waals surface area contributed by atoms with E-state index in [0.717, 1.165) is 57.6 Å². The second-order valence-corrected chi connectivity index (χ2v) is 9.69. The summed E-state index contributed by atoms with van der Waals surface area (Å²) >= 11 is 0. The molecular weight excluding hydrogens is 405 g/mol. The molecule has 2 aromatic rings. The highest BCUT2D eigenvalue weighted by Gasteiger charge is 2.45. The molecule has 0 bridgehead atoms. The molecule has 5 rings (SSSR count). The Labute approximate surface area is 189 Å². The normalized spacial score (nSPS) is 23.0. The molecule has 6 heteroatoms. The molecule has 3 fully saturated rings. The average Bonchev–Trinajstić information content (AvgIpc) is 3.65. The number of pyridine rings is 1. The largest absolute Gasteiger partial charge is 0.375 e. The Hall–Kier alpha value is -2.31. The lowest BCUT2D eigenvalue weighted by Crippen LogP contribution is -2.54. The number of amides is 1. The molecular formula is C26H32FN3O2. The molecule has 2 saturated heterocycles. The minimum Gasteiger partial charge on any atom is -0.375 e. The minimum atomic E-state index is -0.181. The Kier molecular flexibility index (Phi) is 5.99. The number of carbonyl (C=O) groups is 1. The molecule has 3 aliphatic rings. The lowest BCUT2D eigenvalue weighted by molar-refractivity contribution is -0.131. The van der Waals surface area contributed by atoms with Crippen molar-refractivity contribution in [2.24, 2.45) is 0 Å². The van der Waals surface area contributed by atoms with Crippen molar-refractivity contribution in [3.63, 3.8) is 0 Å². The zero-order chi connectivity index (χ0) is 22.1. The summed E-state index contributed by atoms with van der Waals surface area (Å²) in [6.45, 7) is 5.02. The Bertz CT molecular complexity index is 935. The Morgan fingerprint density at radius 2 is 1.88 bits per heavy atom. The fraction of sp³-hybridized carbons (Fsp3) is 0.538. The molecule has 1 saturated carbocycles. The molecule has 1 spiro atoms. The zero-order valence-corrected chi connectivity index (χ0v) is 18.8. The van der Waals surface area contributed by atoms with Crippen LogP contribution in [-0.2, 0) is 11.3 Å². The number of rotatable bonds is 5. The van der Waals surface area contributed by atoms with Gasteiger partial charge in [-0.1, -0.05) is 12.1 Å². The Morgan fingerprint density at radius 3 is 2.53 bits per heavy atom. The average molecular weight is 438 g/mol. The summed E-state index contributed by atoms with van der Waals surface area (Å²) in [5, 5.41) is 0. The van der Waals surface area contributed by atoms with Crippen molar-refractivity contribution in [1.82, 2.24) is 14.8 Å². The summed E-state index contributed by atoms with van der Waals surface area (Å²) in [4.78, 5) is 21.7. The SMILES string of the molecule is Cc1ccc(C(=O)N2CCC3(CC2)CC(N(Cc2ccc(F)cc2)C2CC2)CCO3)cn1. The van der Waals surface area contributed by atoms with Gasteiger partial charge in [-0.2, -0.15) is 0 Å². The lowest BCUT2D eigenvalue weighted by Gasteiger charge is -2.48. The highest BCUT2D eigenvalue weighted by molar-refractivity contribution is 5.94. The van der Waals surface area contributed by atoms with Gasteiger partial charge in [0.25, 0.3) is 5.91 Å². The third-order valence-electron chi connectivity index (χ3n) is 7.35. The van der Waals surface area contributed by atoms with Crippen molar-refractivity contribution in [3.05, 3.63) is 65.2 Å². The second kappa shape index (κ2) is 8.91. The molecule has 1 unspecified atom stereocenters. The number of nitrogens with zero attached hydrogens (tertiary/aromatic N) is 3. The van der Waals surface area contributed by atoms with Gasteiger partial charge in [0.05, 0.1) is 11.2 Å². The van der Waals surface area contributed by atoms with E-state index in [2.05, 4.69) is 9.88 Å². The number of hydrogen-bond donors (Lipinski definition) is 0. The summed E-state index contributed by atoms with van der Waals surface area (Å²) in [6.07, 6.45) is 7.98. The quantitative estimate of drug-likeness (QED) is 0.698. The molecule has 0 N–H and O–H groups in total. The van der Waals surface area contributed by atoms with Crippen LogP contribution in [0.15, 0.2) is 42.6 Å². The van der Waals surface area contributed by atoms with Crippen LogP contribution in [-0.4, -0.2) is 58.1 Å². The molecule has 170 valence electrons. The molecule has 2 aliphatic heterocycles. The molecule has 3 heterocycles. The third-order valence-corrected chi connectivity index (χ3v) is 7.35. The van der Waals surface area contributed by atoms with Crippen LogP contribution < -0.4 is 0 Å². The van der Waals surface area contributed by atoms with Crippen LogP contribution in [0.25, 0.3) is 0 Å². The number of likely N-dealkylation sites (tertiary alicyclic amines) is 1. The van der Waals surface area contributed by atoms with Gasteiger partial charge in [-0.3, -0.25) is 14.7 Å². The summed E-state index contributed by atoms with van der Waals surface area (Å²) in [6, 6.07) is 11.8. The summed E-state index contributed by atoms with van der Waals surface area (Å²) in [5.74, 6) is -0.116. The standard InChI is InChI=1S/C26H32FN3O2/c1-19-2-5-21(17-28-19)25(31)29-13-11-26(12-14-29)16-24(10-15-32-26)30(23-8-9-23)18-20-3-6-22(27)7-4-20/h2-7,17,23-24H,8-16,18H2,1H3.